The van der Waals surface area contributed by atoms with E-state index >= 15 is 0 Å². The summed E-state index contributed by atoms with van der Waals surface area (Å²) in [6, 6.07) is 0. The Kier molecular flexibility index (Phi) is 14.3. The van der Waals surface area contributed by atoms with Crippen molar-refractivity contribution < 1.29 is 69.7 Å². The number of halogens is 2. The zero-order valence-electron chi connectivity index (χ0n) is 16.3. The third-order valence-corrected chi connectivity index (χ3v) is 5.62. The number of hydrogen-bond donors (Lipinski definition) is 0. The Balaban J connectivity index is -0.000000308. The van der Waals surface area contributed by atoms with Gasteiger partial charge in [-0.3, -0.25) is 0 Å². The first-order chi connectivity index (χ1) is 9.11. The van der Waals surface area contributed by atoms with E-state index in [1.165, 1.54) is 55.6 Å². The first kappa shape index (κ1) is 28.7. The third-order valence-electron chi connectivity index (χ3n) is 5.62. The van der Waals surface area contributed by atoms with Gasteiger partial charge in [-0.15, -0.1) is 0 Å². The molecule has 0 saturated carbocycles. The molecule has 23 heavy (non-hydrogen) atoms. The molecule has 0 radical (unpaired) electrons. The zero-order chi connectivity index (χ0) is 15.8. The summed E-state index contributed by atoms with van der Waals surface area (Å²) in [4.78, 5) is 0. The minimum absolute atomic E-state index is 0. The molecule has 128 valence electrons. The molecule has 0 nitrogen and oxygen atoms in total. The monoisotopic (exact) mass is 572 g/mol. The van der Waals surface area contributed by atoms with Crippen LogP contribution in [0.5, 0.6) is 0 Å². The Morgan fingerprint density at radius 2 is 0.565 bits per heavy atom. The van der Waals surface area contributed by atoms with Crippen molar-refractivity contribution in [2.75, 3.05) is 0 Å². The molecule has 0 aliphatic rings. The Morgan fingerprint density at radius 1 is 0.435 bits per heavy atom. The molecule has 0 bridgehead atoms. The van der Waals surface area contributed by atoms with E-state index in [-0.39, 0.29) is 69.7 Å². The Hall–Kier alpha value is 0.874. The van der Waals surface area contributed by atoms with Crippen molar-refractivity contribution in [3.8, 4) is 0 Å². The SMILES string of the molecule is Cc1c(C)c(C)[c-](C)c1C.Cc1c(C)c(C)[c-](C)c1C.[I-].[I-].[Ti+4]. The van der Waals surface area contributed by atoms with Crippen molar-refractivity contribution in [3.05, 3.63) is 55.6 Å². The van der Waals surface area contributed by atoms with Gasteiger partial charge in [-0.05, 0) is 0 Å². The van der Waals surface area contributed by atoms with E-state index in [2.05, 4.69) is 69.2 Å². The van der Waals surface area contributed by atoms with Crippen molar-refractivity contribution in [2.24, 2.45) is 0 Å². The second-order valence-corrected chi connectivity index (χ2v) is 6.25. The predicted molar refractivity (Wildman–Crippen MR) is 91.4 cm³/mol. The second-order valence-electron chi connectivity index (χ2n) is 6.25. The van der Waals surface area contributed by atoms with Crippen LogP contribution in [0.1, 0.15) is 55.6 Å². The summed E-state index contributed by atoms with van der Waals surface area (Å²) in [5.74, 6) is 0. The average molecular weight is 572 g/mol. The van der Waals surface area contributed by atoms with Crippen molar-refractivity contribution in [1.29, 1.82) is 0 Å². The number of rotatable bonds is 0. The van der Waals surface area contributed by atoms with Gasteiger partial charge in [0.2, 0.25) is 0 Å². The van der Waals surface area contributed by atoms with Crippen LogP contribution in [-0.4, -0.2) is 0 Å². The van der Waals surface area contributed by atoms with Crippen LogP contribution in [0.25, 0.3) is 0 Å². The van der Waals surface area contributed by atoms with Gasteiger partial charge in [0.25, 0.3) is 0 Å². The van der Waals surface area contributed by atoms with Crippen LogP contribution in [0, 0.1) is 69.2 Å². The number of hydrogen-bond acceptors (Lipinski definition) is 0. The van der Waals surface area contributed by atoms with Gasteiger partial charge in [0.15, 0.2) is 0 Å². The molecule has 0 heterocycles. The summed E-state index contributed by atoms with van der Waals surface area (Å²) in [5.41, 5.74) is 14.7. The van der Waals surface area contributed by atoms with Gasteiger partial charge in [-0.2, -0.15) is 55.6 Å². The summed E-state index contributed by atoms with van der Waals surface area (Å²) >= 11 is 0. The van der Waals surface area contributed by atoms with E-state index in [9.17, 15) is 0 Å². The third kappa shape index (κ3) is 5.97. The van der Waals surface area contributed by atoms with Gasteiger partial charge >= 0.3 is 21.7 Å². The molecule has 0 N–H and O–H groups in total. The first-order valence-corrected chi connectivity index (χ1v) is 7.50. The topological polar surface area (TPSA) is 0 Å². The Bertz CT molecular complexity index is 414. The standard InChI is InChI=1S/2C10H15.2HI.Ti/c2*1-6-7(2)9(4)10(5)8(6)3;;;/h2*1-5H3;2*1H;/q2*-1;;;+4/p-2. The maximum Gasteiger partial charge on any atom is 4.00 e. The molecule has 0 unspecified atom stereocenters. The summed E-state index contributed by atoms with van der Waals surface area (Å²) in [5, 5.41) is 0. The van der Waals surface area contributed by atoms with E-state index in [0.717, 1.165) is 0 Å². The summed E-state index contributed by atoms with van der Waals surface area (Å²) in [6.45, 7) is 22.0. The maximum absolute atomic E-state index is 2.20. The van der Waals surface area contributed by atoms with E-state index in [4.69, 9.17) is 0 Å². The molecular weight excluding hydrogens is 542 g/mol. The molecule has 0 fully saturated rings. The van der Waals surface area contributed by atoms with Crippen LogP contribution >= 0.6 is 0 Å². The molecule has 0 aliphatic heterocycles. The van der Waals surface area contributed by atoms with Crippen molar-refractivity contribution in [1.82, 2.24) is 0 Å². The minimum Gasteiger partial charge on any atom is -1.00 e. The molecule has 0 aliphatic carbocycles. The van der Waals surface area contributed by atoms with Crippen LogP contribution in [-0.2, 0) is 21.7 Å². The summed E-state index contributed by atoms with van der Waals surface area (Å²) in [6.07, 6.45) is 0. The smallest absolute Gasteiger partial charge is 1.00 e. The van der Waals surface area contributed by atoms with E-state index < -0.39 is 0 Å². The van der Waals surface area contributed by atoms with Crippen LogP contribution in [0.3, 0.4) is 0 Å². The van der Waals surface area contributed by atoms with Crippen LogP contribution in [0.2, 0.25) is 0 Å². The minimum atomic E-state index is 0. The average Bonchev–Trinajstić information content (AvgIpc) is 2.71. The molecular formula is C20H30I2Ti. The molecule has 0 saturated heterocycles. The molecule has 0 amide bonds. The van der Waals surface area contributed by atoms with E-state index in [1.54, 1.807) is 0 Å². The van der Waals surface area contributed by atoms with E-state index in [0.29, 0.717) is 0 Å². The van der Waals surface area contributed by atoms with Crippen LogP contribution < -0.4 is 48.0 Å². The predicted octanol–water partition coefficient (Wildman–Crippen LogP) is -0.0993. The van der Waals surface area contributed by atoms with Gasteiger partial charge in [0, 0.05) is 0 Å². The maximum atomic E-state index is 2.20. The van der Waals surface area contributed by atoms with Crippen LogP contribution in [0.15, 0.2) is 0 Å². The molecule has 2 rings (SSSR count). The molecule has 0 spiro atoms. The molecule has 2 aromatic rings. The molecule has 2 aromatic carbocycles. The summed E-state index contributed by atoms with van der Waals surface area (Å²) in [7, 11) is 0. The molecule has 3 heteroatoms. The van der Waals surface area contributed by atoms with Gasteiger partial charge in [-0.1, -0.05) is 69.2 Å². The van der Waals surface area contributed by atoms with Crippen molar-refractivity contribution >= 4 is 0 Å². The first-order valence-electron chi connectivity index (χ1n) is 7.50. The fourth-order valence-electron chi connectivity index (χ4n) is 2.81. The zero-order valence-corrected chi connectivity index (χ0v) is 22.1. The fraction of sp³-hybridized carbons (Fsp3) is 0.500. The van der Waals surface area contributed by atoms with Gasteiger partial charge in [-0.25, -0.2) is 0 Å². The van der Waals surface area contributed by atoms with Gasteiger partial charge in [0.05, 0.1) is 0 Å². The summed E-state index contributed by atoms with van der Waals surface area (Å²) < 4.78 is 0. The Labute approximate surface area is 192 Å². The fourth-order valence-corrected chi connectivity index (χ4v) is 2.81. The quantitative estimate of drug-likeness (QED) is 0.235. The van der Waals surface area contributed by atoms with Crippen LogP contribution in [0.4, 0.5) is 0 Å². The van der Waals surface area contributed by atoms with Gasteiger partial charge < -0.3 is 48.0 Å². The van der Waals surface area contributed by atoms with Gasteiger partial charge in [0.1, 0.15) is 0 Å². The second kappa shape index (κ2) is 11.5. The van der Waals surface area contributed by atoms with Crippen molar-refractivity contribution in [3.63, 3.8) is 0 Å². The van der Waals surface area contributed by atoms with Crippen molar-refractivity contribution in [2.45, 2.75) is 69.2 Å². The van der Waals surface area contributed by atoms with E-state index in [1.807, 2.05) is 0 Å². The molecule has 0 atom stereocenters. The normalized spacial score (nSPS) is 9.13. The Morgan fingerprint density at radius 3 is 0.609 bits per heavy atom. The largest absolute Gasteiger partial charge is 4.00 e. The molecule has 0 aromatic heterocycles.